The Kier molecular flexibility index (Phi) is 3.97. The molecular formula is C18H18N4O3. The van der Waals surface area contributed by atoms with E-state index in [4.69, 9.17) is 9.47 Å². The normalized spacial score (nSPS) is 17.0. The molecule has 1 N–H and O–H groups in total. The number of hydrogen-bond donors (Lipinski definition) is 1. The molecule has 128 valence electrons. The number of aromatic amines is 1. The summed E-state index contributed by atoms with van der Waals surface area (Å²) < 4.78 is 11.0. The number of rotatable bonds is 4. The van der Waals surface area contributed by atoms with Crippen LogP contribution in [0.25, 0.3) is 10.9 Å². The molecule has 4 rings (SSSR count). The van der Waals surface area contributed by atoms with Gasteiger partial charge in [0.05, 0.1) is 13.7 Å². The first-order valence-electron chi connectivity index (χ1n) is 8.13. The van der Waals surface area contributed by atoms with Crippen LogP contribution in [0.4, 0.5) is 0 Å². The zero-order valence-corrected chi connectivity index (χ0v) is 13.8. The fraction of sp³-hybridized carbons (Fsp3) is 0.278. The fourth-order valence-corrected chi connectivity index (χ4v) is 3.05. The van der Waals surface area contributed by atoms with Crippen LogP contribution in [0.2, 0.25) is 0 Å². The largest absolute Gasteiger partial charge is 0.497 e. The van der Waals surface area contributed by atoms with E-state index < -0.39 is 0 Å². The van der Waals surface area contributed by atoms with Crippen LogP contribution in [0.1, 0.15) is 16.9 Å². The number of nitrogens with zero attached hydrogens (tertiary/aromatic N) is 3. The fourth-order valence-electron chi connectivity index (χ4n) is 3.05. The van der Waals surface area contributed by atoms with Crippen molar-refractivity contribution in [3.63, 3.8) is 0 Å². The lowest BCUT2D eigenvalue weighted by Gasteiger charge is -2.16. The molecule has 0 bridgehead atoms. The Balaban J connectivity index is 1.46. The topological polar surface area (TPSA) is 80.3 Å². The number of methoxy groups -OCH3 is 1. The van der Waals surface area contributed by atoms with Gasteiger partial charge in [0.25, 0.3) is 5.91 Å². The van der Waals surface area contributed by atoms with Crippen molar-refractivity contribution in [3.8, 4) is 11.6 Å². The van der Waals surface area contributed by atoms with Gasteiger partial charge in [-0.25, -0.2) is 0 Å². The zero-order valence-electron chi connectivity index (χ0n) is 13.8. The average molecular weight is 338 g/mol. The van der Waals surface area contributed by atoms with Gasteiger partial charge in [0.2, 0.25) is 5.88 Å². The quantitative estimate of drug-likeness (QED) is 0.789. The van der Waals surface area contributed by atoms with Crippen LogP contribution in [0.5, 0.6) is 11.6 Å². The lowest BCUT2D eigenvalue weighted by Crippen LogP contribution is -2.31. The number of aromatic nitrogens is 3. The van der Waals surface area contributed by atoms with Crippen molar-refractivity contribution < 1.29 is 14.3 Å². The summed E-state index contributed by atoms with van der Waals surface area (Å²) in [5.41, 5.74) is 1.46. The second-order valence-electron chi connectivity index (χ2n) is 5.98. The molecule has 25 heavy (non-hydrogen) atoms. The number of amides is 1. The minimum Gasteiger partial charge on any atom is -0.497 e. The van der Waals surface area contributed by atoms with Crippen molar-refractivity contribution in [1.82, 2.24) is 20.1 Å². The molecule has 1 aliphatic rings. The van der Waals surface area contributed by atoms with Crippen LogP contribution in [-0.2, 0) is 0 Å². The molecule has 1 atom stereocenters. The number of H-pyrrole nitrogens is 1. The minimum absolute atomic E-state index is 0.0274. The lowest BCUT2D eigenvalue weighted by atomic mass is 10.2. The second kappa shape index (κ2) is 6.43. The van der Waals surface area contributed by atoms with Crippen LogP contribution in [-0.4, -0.2) is 52.3 Å². The van der Waals surface area contributed by atoms with Crippen LogP contribution in [0, 0.1) is 0 Å². The van der Waals surface area contributed by atoms with Crippen LogP contribution >= 0.6 is 0 Å². The summed E-state index contributed by atoms with van der Waals surface area (Å²) in [5, 5.41) is 8.70. The highest BCUT2D eigenvalue weighted by atomic mass is 16.5. The van der Waals surface area contributed by atoms with Crippen LogP contribution < -0.4 is 9.47 Å². The van der Waals surface area contributed by atoms with Crippen molar-refractivity contribution >= 4 is 16.8 Å². The van der Waals surface area contributed by atoms with Gasteiger partial charge in [-0.15, -0.1) is 5.10 Å². The van der Waals surface area contributed by atoms with E-state index in [-0.39, 0.29) is 12.0 Å². The van der Waals surface area contributed by atoms with Gasteiger partial charge >= 0.3 is 0 Å². The highest BCUT2D eigenvalue weighted by molar-refractivity contribution is 5.98. The van der Waals surface area contributed by atoms with Gasteiger partial charge in [-0.2, -0.15) is 5.10 Å². The summed E-state index contributed by atoms with van der Waals surface area (Å²) >= 11 is 0. The molecule has 1 aromatic carbocycles. The molecule has 1 fully saturated rings. The van der Waals surface area contributed by atoms with E-state index in [0.717, 1.165) is 23.1 Å². The number of nitrogens with one attached hydrogen (secondary N) is 1. The molecule has 2 aromatic heterocycles. The number of ether oxygens (including phenoxy) is 2. The Morgan fingerprint density at radius 3 is 3.04 bits per heavy atom. The van der Waals surface area contributed by atoms with Gasteiger partial charge < -0.3 is 19.4 Å². The number of benzene rings is 1. The summed E-state index contributed by atoms with van der Waals surface area (Å²) in [6, 6.07) is 11.1. The summed E-state index contributed by atoms with van der Waals surface area (Å²) in [6.07, 6.45) is 2.31. The maximum Gasteiger partial charge on any atom is 0.270 e. The molecule has 1 amide bonds. The number of carbonyl (C=O) groups excluding carboxylic acids is 1. The van der Waals surface area contributed by atoms with E-state index >= 15 is 0 Å². The molecule has 0 unspecified atom stereocenters. The summed E-state index contributed by atoms with van der Waals surface area (Å²) in [4.78, 5) is 17.7. The minimum atomic E-state index is -0.0647. The highest BCUT2D eigenvalue weighted by Crippen LogP contribution is 2.23. The summed E-state index contributed by atoms with van der Waals surface area (Å²) in [7, 11) is 1.62. The molecule has 1 aliphatic heterocycles. The van der Waals surface area contributed by atoms with Crippen molar-refractivity contribution in [2.24, 2.45) is 0 Å². The van der Waals surface area contributed by atoms with Crippen LogP contribution in [0.3, 0.4) is 0 Å². The number of likely N-dealkylation sites (tertiary alicyclic amines) is 1. The predicted octanol–water partition coefficient (Wildman–Crippen LogP) is 2.26. The molecule has 1 saturated heterocycles. The number of hydrogen-bond acceptors (Lipinski definition) is 5. The molecule has 0 aliphatic carbocycles. The second-order valence-corrected chi connectivity index (χ2v) is 5.98. The molecule has 0 spiro atoms. The Labute approximate surface area is 144 Å². The lowest BCUT2D eigenvalue weighted by molar-refractivity contribution is 0.0766. The number of carbonyl (C=O) groups is 1. The van der Waals surface area contributed by atoms with E-state index in [1.807, 2.05) is 24.3 Å². The standard InChI is InChI=1S/C18H18N4O3/c1-24-13-5-4-12-9-16(20-15(12)10-13)18(23)22-8-6-14(11-22)25-17-3-2-7-19-21-17/h2-5,7,9-10,14,20H,6,8,11H2,1H3/t14-/m0/s1. The van der Waals surface area contributed by atoms with E-state index in [1.165, 1.54) is 0 Å². The van der Waals surface area contributed by atoms with Gasteiger partial charge in [0, 0.05) is 42.2 Å². The average Bonchev–Trinajstić information content (AvgIpc) is 3.28. The Morgan fingerprint density at radius 2 is 2.24 bits per heavy atom. The maximum atomic E-state index is 12.7. The summed E-state index contributed by atoms with van der Waals surface area (Å²) in [5.74, 6) is 1.21. The van der Waals surface area contributed by atoms with Gasteiger partial charge in [0.1, 0.15) is 17.5 Å². The number of fused-ring (bicyclic) bond motifs is 1. The highest BCUT2D eigenvalue weighted by Gasteiger charge is 2.29. The van der Waals surface area contributed by atoms with E-state index in [2.05, 4.69) is 15.2 Å². The van der Waals surface area contributed by atoms with Gasteiger partial charge in [-0.05, 0) is 24.3 Å². The predicted molar refractivity (Wildman–Crippen MR) is 91.8 cm³/mol. The first-order chi connectivity index (χ1) is 12.2. The van der Waals surface area contributed by atoms with E-state index in [9.17, 15) is 4.79 Å². The van der Waals surface area contributed by atoms with Crippen molar-refractivity contribution in [1.29, 1.82) is 0 Å². The van der Waals surface area contributed by atoms with E-state index in [1.54, 1.807) is 30.3 Å². The Hall–Kier alpha value is -3.09. The van der Waals surface area contributed by atoms with E-state index in [0.29, 0.717) is 24.7 Å². The SMILES string of the molecule is COc1ccc2cc(C(=O)N3CC[C@H](Oc4cccnn4)C3)[nH]c2c1. The van der Waals surface area contributed by atoms with Gasteiger partial charge in [-0.3, -0.25) is 4.79 Å². The van der Waals surface area contributed by atoms with Gasteiger partial charge in [0.15, 0.2) is 0 Å². The third-order valence-electron chi connectivity index (χ3n) is 4.33. The Morgan fingerprint density at radius 1 is 1.32 bits per heavy atom. The molecule has 3 aromatic rings. The maximum absolute atomic E-state index is 12.7. The molecule has 3 heterocycles. The van der Waals surface area contributed by atoms with Crippen molar-refractivity contribution in [2.45, 2.75) is 12.5 Å². The van der Waals surface area contributed by atoms with Crippen molar-refractivity contribution in [2.75, 3.05) is 20.2 Å². The molecule has 0 radical (unpaired) electrons. The van der Waals surface area contributed by atoms with Gasteiger partial charge in [-0.1, -0.05) is 0 Å². The summed E-state index contributed by atoms with van der Waals surface area (Å²) in [6.45, 7) is 1.19. The first kappa shape index (κ1) is 15.4. The molecule has 7 heteroatoms. The molecular weight excluding hydrogens is 320 g/mol. The molecule has 0 saturated carbocycles. The van der Waals surface area contributed by atoms with Crippen LogP contribution in [0.15, 0.2) is 42.6 Å². The Bertz CT molecular complexity index is 894. The molecule has 7 nitrogen and oxygen atoms in total. The third-order valence-corrected chi connectivity index (χ3v) is 4.33. The smallest absolute Gasteiger partial charge is 0.270 e. The zero-order chi connectivity index (χ0) is 17.2. The first-order valence-corrected chi connectivity index (χ1v) is 8.13. The third kappa shape index (κ3) is 3.13. The van der Waals surface area contributed by atoms with Crippen molar-refractivity contribution in [3.05, 3.63) is 48.3 Å². The monoisotopic (exact) mass is 338 g/mol.